The molecule has 1 aliphatic heterocycles. The lowest BCUT2D eigenvalue weighted by Gasteiger charge is -2.14. The van der Waals surface area contributed by atoms with E-state index < -0.39 is 11.9 Å². The molecule has 1 aromatic heterocycles. The normalized spacial score (nSPS) is 17.5. The van der Waals surface area contributed by atoms with Crippen LogP contribution in [0.5, 0.6) is 0 Å². The second-order valence-electron chi connectivity index (χ2n) is 8.52. The van der Waals surface area contributed by atoms with Crippen molar-refractivity contribution in [3.63, 3.8) is 0 Å². The number of anilines is 1. The minimum Gasteiger partial charge on any atom is -0.393 e. The van der Waals surface area contributed by atoms with Gasteiger partial charge in [0.2, 0.25) is 5.91 Å². The fourth-order valence-electron chi connectivity index (χ4n) is 3.76. The summed E-state index contributed by atoms with van der Waals surface area (Å²) in [5.74, 6) is 0.679. The third kappa shape index (κ3) is 10.1. The zero-order chi connectivity index (χ0) is 24.7. The van der Waals surface area contributed by atoms with Crippen LogP contribution in [0, 0.1) is 0 Å². The molecule has 0 spiro atoms. The molecule has 1 amide bonds. The molecule has 2 heterocycles. The summed E-state index contributed by atoms with van der Waals surface area (Å²) in [5.41, 5.74) is 0.507. The number of nitrogens with one attached hydrogen (secondary N) is 3. The quantitative estimate of drug-likeness (QED) is 0.258. The van der Waals surface area contributed by atoms with Gasteiger partial charge in [-0.2, -0.15) is 4.98 Å². The van der Waals surface area contributed by atoms with E-state index in [2.05, 4.69) is 45.2 Å². The van der Waals surface area contributed by atoms with Gasteiger partial charge in [0.25, 0.3) is 0 Å². The number of thioether (sulfide) groups is 1. The maximum Gasteiger partial charge on any atom is 0.351 e. The Bertz CT molecular complexity index is 943. The maximum atomic E-state index is 12.3. The van der Waals surface area contributed by atoms with Gasteiger partial charge in [-0.3, -0.25) is 9.36 Å². The Kier molecular flexibility index (Phi) is 12.3. The number of amides is 1. The van der Waals surface area contributed by atoms with Crippen molar-refractivity contribution in [2.45, 2.75) is 56.7 Å². The van der Waals surface area contributed by atoms with Crippen molar-refractivity contribution in [3.05, 3.63) is 58.6 Å². The third-order valence-corrected chi connectivity index (χ3v) is 6.79. The second kappa shape index (κ2) is 15.7. The highest BCUT2D eigenvalue weighted by Crippen LogP contribution is 2.30. The van der Waals surface area contributed by atoms with Gasteiger partial charge >= 0.3 is 5.69 Å². The van der Waals surface area contributed by atoms with Crippen molar-refractivity contribution in [1.29, 1.82) is 0 Å². The molecular formula is C25H37N5O4S. The van der Waals surface area contributed by atoms with E-state index in [0.717, 1.165) is 58.3 Å². The largest absolute Gasteiger partial charge is 0.393 e. The van der Waals surface area contributed by atoms with Crippen LogP contribution in [0.2, 0.25) is 0 Å². The summed E-state index contributed by atoms with van der Waals surface area (Å²) in [7, 11) is 0. The number of aliphatic hydroxyl groups is 1. The van der Waals surface area contributed by atoms with Crippen LogP contribution in [-0.4, -0.2) is 58.0 Å². The minimum atomic E-state index is -0.481. The summed E-state index contributed by atoms with van der Waals surface area (Å²) in [6.45, 7) is 3.81. The van der Waals surface area contributed by atoms with Crippen molar-refractivity contribution >= 4 is 23.5 Å². The molecule has 3 rings (SSSR count). The first-order valence-corrected chi connectivity index (χ1v) is 13.4. The maximum absolute atomic E-state index is 12.3. The highest BCUT2D eigenvalue weighted by atomic mass is 32.2. The predicted molar refractivity (Wildman–Crippen MR) is 139 cm³/mol. The standard InChI is InChI=1S/C25H37N5O4S/c31-18-24-34-23(19-35-24)30-16-12-21(29-25(30)33)28-22(32)11-5-2-6-13-26-14-7-8-15-27-17-20-9-3-1-4-10-20/h1,3-4,9-10,12,16,23-24,26-27,31H,2,5-8,11,13-15,17-19H2,(H,28,29,32,33)/t23-,24-/m0/s1. The molecule has 1 aromatic carbocycles. The van der Waals surface area contributed by atoms with Crippen LogP contribution >= 0.6 is 11.8 Å². The van der Waals surface area contributed by atoms with Gasteiger partial charge in [-0.25, -0.2) is 4.79 Å². The lowest BCUT2D eigenvalue weighted by Crippen LogP contribution is -2.29. The number of hydrogen-bond donors (Lipinski definition) is 4. The highest BCUT2D eigenvalue weighted by molar-refractivity contribution is 8.00. The molecule has 2 aromatic rings. The molecule has 0 unspecified atom stereocenters. The SMILES string of the molecule is O=C(CCCCCNCCCCNCc1ccccc1)Nc1ccn([C@@H]2CS[C@@H](CO)O2)c(=O)n1. The molecule has 192 valence electrons. The summed E-state index contributed by atoms with van der Waals surface area (Å²) in [6.07, 6.45) is 6.60. The van der Waals surface area contributed by atoms with E-state index in [1.807, 2.05) is 6.07 Å². The Balaban J connectivity index is 1.17. The number of unbranched alkanes of at least 4 members (excludes halogenated alkanes) is 3. The summed E-state index contributed by atoms with van der Waals surface area (Å²) in [4.78, 5) is 28.4. The molecule has 1 aliphatic rings. The van der Waals surface area contributed by atoms with Gasteiger partial charge in [0.05, 0.1) is 6.61 Å². The Morgan fingerprint density at radius 1 is 1.06 bits per heavy atom. The van der Waals surface area contributed by atoms with Gasteiger partial charge in [-0.05, 0) is 56.9 Å². The van der Waals surface area contributed by atoms with Crippen molar-refractivity contribution in [2.75, 3.05) is 37.3 Å². The van der Waals surface area contributed by atoms with Crippen LogP contribution in [0.3, 0.4) is 0 Å². The van der Waals surface area contributed by atoms with Crippen LogP contribution in [0.4, 0.5) is 5.82 Å². The van der Waals surface area contributed by atoms with E-state index in [1.165, 1.54) is 21.9 Å². The average Bonchev–Trinajstić information content (AvgIpc) is 3.34. The fourth-order valence-corrected chi connectivity index (χ4v) is 4.69. The van der Waals surface area contributed by atoms with Gasteiger partial charge in [0, 0.05) is 24.9 Å². The number of nitrogens with zero attached hydrogens (tertiary/aromatic N) is 2. The number of rotatable bonds is 16. The van der Waals surface area contributed by atoms with Crippen LogP contribution in [0.25, 0.3) is 0 Å². The third-order valence-electron chi connectivity index (χ3n) is 5.68. The van der Waals surface area contributed by atoms with E-state index in [-0.39, 0.29) is 23.8 Å². The van der Waals surface area contributed by atoms with E-state index >= 15 is 0 Å². The molecule has 0 bridgehead atoms. The van der Waals surface area contributed by atoms with Crippen LogP contribution in [0.15, 0.2) is 47.4 Å². The number of ether oxygens (including phenoxy) is 1. The van der Waals surface area contributed by atoms with Crippen molar-refractivity contribution in [1.82, 2.24) is 20.2 Å². The molecule has 1 fully saturated rings. The van der Waals surface area contributed by atoms with Gasteiger partial charge in [-0.1, -0.05) is 36.8 Å². The number of benzene rings is 1. The lowest BCUT2D eigenvalue weighted by atomic mass is 10.2. The first kappa shape index (κ1) is 27.3. The summed E-state index contributed by atoms with van der Waals surface area (Å²) in [6, 6.07) is 12.0. The average molecular weight is 504 g/mol. The van der Waals surface area contributed by atoms with Gasteiger partial charge in [0.1, 0.15) is 17.5 Å². The molecule has 35 heavy (non-hydrogen) atoms. The van der Waals surface area contributed by atoms with Crippen molar-refractivity contribution < 1.29 is 14.6 Å². The number of aromatic nitrogens is 2. The van der Waals surface area contributed by atoms with Gasteiger partial charge in [0.15, 0.2) is 0 Å². The summed E-state index contributed by atoms with van der Waals surface area (Å²) in [5, 5.41) is 18.8. The topological polar surface area (TPSA) is 118 Å². The number of hydrogen-bond acceptors (Lipinski definition) is 8. The van der Waals surface area contributed by atoms with Gasteiger partial charge < -0.3 is 25.8 Å². The first-order chi connectivity index (χ1) is 17.2. The number of aliphatic hydroxyl groups excluding tert-OH is 1. The molecule has 0 aliphatic carbocycles. The fraction of sp³-hybridized carbons (Fsp3) is 0.560. The Hall–Kier alpha value is -2.24. The highest BCUT2D eigenvalue weighted by Gasteiger charge is 2.27. The molecule has 2 atom stereocenters. The Morgan fingerprint density at radius 3 is 2.51 bits per heavy atom. The molecule has 9 nitrogen and oxygen atoms in total. The molecule has 10 heteroatoms. The zero-order valence-corrected chi connectivity index (χ0v) is 21.0. The van der Waals surface area contributed by atoms with E-state index in [1.54, 1.807) is 12.3 Å². The number of carbonyl (C=O) groups is 1. The molecular weight excluding hydrogens is 466 g/mol. The van der Waals surface area contributed by atoms with Crippen molar-refractivity contribution in [2.24, 2.45) is 0 Å². The van der Waals surface area contributed by atoms with E-state index in [0.29, 0.717) is 12.2 Å². The molecule has 0 saturated carbocycles. The monoisotopic (exact) mass is 503 g/mol. The van der Waals surface area contributed by atoms with Crippen LogP contribution in [-0.2, 0) is 16.1 Å². The predicted octanol–water partition coefficient (Wildman–Crippen LogP) is 2.48. The van der Waals surface area contributed by atoms with Crippen molar-refractivity contribution in [3.8, 4) is 0 Å². The molecule has 4 N–H and O–H groups in total. The van der Waals surface area contributed by atoms with Crippen LogP contribution in [0.1, 0.15) is 50.3 Å². The van der Waals surface area contributed by atoms with E-state index in [4.69, 9.17) is 9.84 Å². The second-order valence-corrected chi connectivity index (χ2v) is 9.71. The summed E-state index contributed by atoms with van der Waals surface area (Å²) < 4.78 is 6.96. The Morgan fingerprint density at radius 2 is 1.80 bits per heavy atom. The first-order valence-electron chi connectivity index (χ1n) is 12.4. The molecule has 0 radical (unpaired) electrons. The Labute approximate surface area is 211 Å². The molecule has 1 saturated heterocycles. The van der Waals surface area contributed by atoms with Gasteiger partial charge in [-0.15, -0.1) is 11.8 Å². The lowest BCUT2D eigenvalue weighted by molar-refractivity contribution is -0.116. The zero-order valence-electron chi connectivity index (χ0n) is 20.2. The number of carbonyl (C=O) groups excluding carboxylic acids is 1. The smallest absolute Gasteiger partial charge is 0.351 e. The summed E-state index contributed by atoms with van der Waals surface area (Å²) >= 11 is 1.45. The van der Waals surface area contributed by atoms with E-state index in [9.17, 15) is 9.59 Å². The minimum absolute atomic E-state index is 0.0964. The van der Waals surface area contributed by atoms with Crippen LogP contribution < -0.4 is 21.6 Å².